The number of nitrogens with one attached hydrogen (secondary N) is 1. The summed E-state index contributed by atoms with van der Waals surface area (Å²) in [5.41, 5.74) is 0.130. The van der Waals surface area contributed by atoms with Gasteiger partial charge in [0.25, 0.3) is 0 Å². The van der Waals surface area contributed by atoms with Crippen LogP contribution in [0.2, 0.25) is 0 Å². The van der Waals surface area contributed by atoms with Crippen molar-refractivity contribution in [1.29, 1.82) is 0 Å². The van der Waals surface area contributed by atoms with Crippen molar-refractivity contribution < 1.29 is 17.9 Å². The highest BCUT2D eigenvalue weighted by molar-refractivity contribution is 5.85. The van der Waals surface area contributed by atoms with Gasteiger partial charge in [0.2, 0.25) is 0 Å². The summed E-state index contributed by atoms with van der Waals surface area (Å²) in [6.07, 6.45) is 0.167. The predicted molar refractivity (Wildman–Crippen MR) is 94.4 cm³/mol. The summed E-state index contributed by atoms with van der Waals surface area (Å²) in [5.74, 6) is 0.717. The van der Waals surface area contributed by atoms with Gasteiger partial charge >= 0.3 is 6.18 Å². The van der Waals surface area contributed by atoms with Crippen LogP contribution in [0.1, 0.15) is 42.9 Å². The normalized spacial score (nSPS) is 21.0. The van der Waals surface area contributed by atoms with Crippen LogP contribution < -0.4 is 10.1 Å². The quantitative estimate of drug-likeness (QED) is 0.846. The number of ether oxygens (including phenoxy) is 1. The first-order chi connectivity index (χ1) is 11.5. The van der Waals surface area contributed by atoms with Crippen LogP contribution in [0.5, 0.6) is 5.75 Å². The molecule has 25 heavy (non-hydrogen) atoms. The summed E-state index contributed by atoms with van der Waals surface area (Å²) in [6.45, 7) is 3.53. The molecule has 2 aliphatic rings. The van der Waals surface area contributed by atoms with Crippen molar-refractivity contribution in [2.24, 2.45) is 5.92 Å². The summed E-state index contributed by atoms with van der Waals surface area (Å²) in [6, 6.07) is 4.26. The van der Waals surface area contributed by atoms with E-state index in [1.807, 2.05) is 0 Å². The molecule has 2 fully saturated rings. The second-order valence-electron chi connectivity index (χ2n) is 6.77. The number of halogens is 4. The van der Waals surface area contributed by atoms with Crippen LogP contribution in [-0.4, -0.2) is 38.2 Å². The molecule has 142 valence electrons. The third kappa shape index (κ3) is 4.80. The molecule has 3 nitrogen and oxygen atoms in total. The Bertz CT molecular complexity index is 556. The Morgan fingerprint density at radius 2 is 1.76 bits per heavy atom. The van der Waals surface area contributed by atoms with E-state index in [2.05, 4.69) is 10.2 Å². The van der Waals surface area contributed by atoms with Crippen LogP contribution in [0.4, 0.5) is 13.2 Å². The monoisotopic (exact) mass is 378 g/mol. The summed E-state index contributed by atoms with van der Waals surface area (Å²) in [7, 11) is 1.43. The number of benzene rings is 1. The highest BCUT2D eigenvalue weighted by Gasteiger charge is 2.36. The van der Waals surface area contributed by atoms with Gasteiger partial charge in [-0.15, -0.1) is 12.4 Å². The molecule has 1 aromatic rings. The van der Waals surface area contributed by atoms with E-state index in [1.54, 1.807) is 6.07 Å². The van der Waals surface area contributed by atoms with Crippen molar-refractivity contribution in [3.8, 4) is 5.75 Å². The minimum Gasteiger partial charge on any atom is -0.497 e. The van der Waals surface area contributed by atoms with Crippen LogP contribution in [0, 0.1) is 5.92 Å². The van der Waals surface area contributed by atoms with Crippen LogP contribution in [0.25, 0.3) is 0 Å². The van der Waals surface area contributed by atoms with Crippen molar-refractivity contribution in [3.63, 3.8) is 0 Å². The topological polar surface area (TPSA) is 24.5 Å². The minimum absolute atomic E-state index is 0. The smallest absolute Gasteiger partial charge is 0.416 e. The van der Waals surface area contributed by atoms with Crippen LogP contribution in [0.3, 0.4) is 0 Å². The first-order valence-corrected chi connectivity index (χ1v) is 8.70. The number of rotatable bonds is 4. The molecule has 0 amide bonds. The SMILES string of the molecule is COc1cc([C@@H](C2CCCC2)N2CCNCC2)cc(C(F)(F)F)c1.Cl. The third-order valence-corrected chi connectivity index (χ3v) is 5.22. The fraction of sp³-hybridized carbons (Fsp3) is 0.667. The lowest BCUT2D eigenvalue weighted by molar-refractivity contribution is -0.137. The Kier molecular flexibility index (Phi) is 7.00. The molecule has 0 unspecified atom stereocenters. The van der Waals surface area contributed by atoms with Crippen molar-refractivity contribution in [3.05, 3.63) is 29.3 Å². The molecule has 1 saturated heterocycles. The van der Waals surface area contributed by atoms with Gasteiger partial charge in [0.15, 0.2) is 0 Å². The zero-order valence-corrected chi connectivity index (χ0v) is 15.3. The zero-order valence-electron chi connectivity index (χ0n) is 14.4. The predicted octanol–water partition coefficient (Wildman–Crippen LogP) is 4.27. The average Bonchev–Trinajstić information content (AvgIpc) is 3.09. The Morgan fingerprint density at radius 3 is 2.32 bits per heavy atom. The average molecular weight is 379 g/mol. The number of piperazine rings is 1. The second kappa shape index (κ2) is 8.60. The number of hydrogen-bond acceptors (Lipinski definition) is 3. The van der Waals surface area contributed by atoms with Crippen molar-refractivity contribution >= 4 is 12.4 Å². The first-order valence-electron chi connectivity index (χ1n) is 8.70. The largest absolute Gasteiger partial charge is 0.497 e. The number of methoxy groups -OCH3 is 1. The van der Waals surface area contributed by atoms with E-state index < -0.39 is 11.7 Å². The molecule has 0 aromatic heterocycles. The summed E-state index contributed by atoms with van der Waals surface area (Å²) in [4.78, 5) is 2.35. The van der Waals surface area contributed by atoms with Gasteiger partial charge in [0.1, 0.15) is 5.75 Å². The van der Waals surface area contributed by atoms with E-state index >= 15 is 0 Å². The lowest BCUT2D eigenvalue weighted by Gasteiger charge is -2.39. The lowest BCUT2D eigenvalue weighted by Crippen LogP contribution is -2.46. The van der Waals surface area contributed by atoms with E-state index in [-0.39, 0.29) is 24.2 Å². The van der Waals surface area contributed by atoms with Gasteiger partial charge in [-0.05, 0) is 42.5 Å². The highest BCUT2D eigenvalue weighted by Crippen LogP contribution is 2.42. The Morgan fingerprint density at radius 1 is 1.12 bits per heavy atom. The maximum atomic E-state index is 13.3. The minimum atomic E-state index is -4.35. The first kappa shape index (κ1) is 20.3. The molecule has 1 aliphatic heterocycles. The number of hydrogen-bond donors (Lipinski definition) is 1. The molecule has 3 rings (SSSR count). The van der Waals surface area contributed by atoms with E-state index in [0.717, 1.165) is 50.7 Å². The van der Waals surface area contributed by atoms with Gasteiger partial charge in [-0.3, -0.25) is 4.90 Å². The Labute approximate surface area is 153 Å². The molecule has 1 aliphatic carbocycles. The van der Waals surface area contributed by atoms with E-state index in [1.165, 1.54) is 26.0 Å². The van der Waals surface area contributed by atoms with Crippen molar-refractivity contribution in [2.75, 3.05) is 33.3 Å². The van der Waals surface area contributed by atoms with E-state index in [9.17, 15) is 13.2 Å². The number of nitrogens with zero attached hydrogens (tertiary/aromatic N) is 1. The lowest BCUT2D eigenvalue weighted by atomic mass is 9.88. The van der Waals surface area contributed by atoms with Crippen LogP contribution >= 0.6 is 12.4 Å². The zero-order chi connectivity index (χ0) is 17.2. The van der Waals surface area contributed by atoms with Gasteiger partial charge in [-0.1, -0.05) is 12.8 Å². The fourth-order valence-electron chi connectivity index (χ4n) is 4.09. The van der Waals surface area contributed by atoms with Gasteiger partial charge in [0, 0.05) is 32.2 Å². The van der Waals surface area contributed by atoms with E-state index in [4.69, 9.17) is 4.74 Å². The molecule has 1 saturated carbocycles. The van der Waals surface area contributed by atoms with Gasteiger partial charge in [-0.2, -0.15) is 13.2 Å². The van der Waals surface area contributed by atoms with Crippen LogP contribution in [0.15, 0.2) is 18.2 Å². The highest BCUT2D eigenvalue weighted by atomic mass is 35.5. The van der Waals surface area contributed by atoms with Crippen LogP contribution in [-0.2, 0) is 6.18 Å². The Balaban J connectivity index is 0.00000225. The molecule has 0 bridgehead atoms. The number of alkyl halides is 3. The summed E-state index contributed by atoms with van der Waals surface area (Å²) >= 11 is 0. The van der Waals surface area contributed by atoms with Gasteiger partial charge < -0.3 is 10.1 Å². The molecule has 0 radical (unpaired) electrons. The van der Waals surface area contributed by atoms with Crippen molar-refractivity contribution in [1.82, 2.24) is 10.2 Å². The van der Waals surface area contributed by atoms with Gasteiger partial charge in [0.05, 0.1) is 12.7 Å². The third-order valence-electron chi connectivity index (χ3n) is 5.22. The van der Waals surface area contributed by atoms with Gasteiger partial charge in [-0.25, -0.2) is 0 Å². The maximum Gasteiger partial charge on any atom is 0.416 e. The molecular formula is C18H26ClF3N2O. The second-order valence-corrected chi connectivity index (χ2v) is 6.77. The molecule has 1 heterocycles. The van der Waals surface area contributed by atoms with Crippen molar-refractivity contribution in [2.45, 2.75) is 37.9 Å². The molecule has 1 N–H and O–H groups in total. The molecule has 7 heteroatoms. The van der Waals surface area contributed by atoms with E-state index in [0.29, 0.717) is 5.92 Å². The molecular weight excluding hydrogens is 353 g/mol. The molecule has 0 spiro atoms. The summed E-state index contributed by atoms with van der Waals surface area (Å²) in [5, 5.41) is 3.32. The molecule has 1 aromatic carbocycles. The fourth-order valence-corrected chi connectivity index (χ4v) is 4.09. The molecule has 1 atom stereocenters. The standard InChI is InChI=1S/C18H25F3N2O.ClH/c1-24-16-11-14(10-15(12-16)18(19,20)21)17(13-4-2-3-5-13)23-8-6-22-7-9-23;/h10-13,17,22H,2-9H2,1H3;1H/t17-;/m1./s1. The maximum absolute atomic E-state index is 13.3. The Hall–Kier alpha value is -0.980. The summed E-state index contributed by atoms with van der Waals surface area (Å²) < 4.78 is 45.0.